The second-order valence-corrected chi connectivity index (χ2v) is 8.72. The number of nitrogens with zero attached hydrogens (tertiary/aromatic N) is 1. The molecule has 2 aromatic carbocycles. The Morgan fingerprint density at radius 3 is 2.16 bits per heavy atom. The van der Waals surface area contributed by atoms with Gasteiger partial charge in [0.2, 0.25) is 5.91 Å². The molecule has 32 heavy (non-hydrogen) atoms. The molecule has 2 rings (SSSR count). The van der Waals surface area contributed by atoms with Crippen LogP contribution in [0.2, 0.25) is 5.02 Å². The minimum atomic E-state index is -0.652. The maximum atomic E-state index is 13.1. The topological polar surface area (TPSA) is 67.9 Å². The molecule has 0 aliphatic carbocycles. The summed E-state index contributed by atoms with van der Waals surface area (Å²) in [5, 5.41) is 3.59. The summed E-state index contributed by atoms with van der Waals surface area (Å²) in [5.41, 5.74) is 2.65. The monoisotopic (exact) mass is 460 g/mol. The average Bonchev–Trinajstić information content (AvgIpc) is 2.77. The number of aryl methyl sites for hydroxylation is 2. The van der Waals surface area contributed by atoms with Crippen molar-refractivity contribution in [2.45, 2.75) is 47.2 Å². The van der Waals surface area contributed by atoms with Gasteiger partial charge in [-0.3, -0.25) is 9.59 Å². The van der Waals surface area contributed by atoms with E-state index < -0.39 is 6.04 Å². The first-order valence-electron chi connectivity index (χ1n) is 10.7. The zero-order valence-electron chi connectivity index (χ0n) is 19.7. The summed E-state index contributed by atoms with van der Waals surface area (Å²) in [4.78, 5) is 27.4. The third-order valence-corrected chi connectivity index (χ3v) is 5.73. The second kappa shape index (κ2) is 11.8. The van der Waals surface area contributed by atoms with Crippen molar-refractivity contribution >= 4 is 23.4 Å². The average molecular weight is 461 g/mol. The fourth-order valence-corrected chi connectivity index (χ4v) is 3.29. The molecule has 0 aliphatic heterocycles. The van der Waals surface area contributed by atoms with Crippen LogP contribution in [-0.4, -0.2) is 43.0 Å². The van der Waals surface area contributed by atoms with Crippen molar-refractivity contribution in [3.8, 4) is 11.5 Å². The fraction of sp³-hybridized carbons (Fsp3) is 0.440. The molecule has 0 heterocycles. The number of hydrogen-bond acceptors (Lipinski definition) is 4. The molecule has 0 unspecified atom stereocenters. The van der Waals surface area contributed by atoms with Crippen LogP contribution in [0.1, 0.15) is 37.5 Å². The van der Waals surface area contributed by atoms with Gasteiger partial charge < -0.3 is 19.7 Å². The number of ether oxygens (including phenoxy) is 2. The Labute approximate surface area is 195 Å². The molecule has 0 saturated heterocycles. The Balaban J connectivity index is 2.17. The summed E-state index contributed by atoms with van der Waals surface area (Å²) < 4.78 is 11.0. The summed E-state index contributed by atoms with van der Waals surface area (Å²) in [6.07, 6.45) is 0. The van der Waals surface area contributed by atoms with Crippen LogP contribution in [0.4, 0.5) is 0 Å². The number of benzene rings is 2. The van der Waals surface area contributed by atoms with E-state index in [1.165, 1.54) is 4.90 Å². The standard InChI is InChI=1S/C25H33ClN2O4/c1-16(2)13-27-25(30)19(5)28(14-20-7-9-21(31-6)10-8-20)23(29)15-32-22-11-17(3)24(26)18(4)12-22/h7-12,16,19H,13-15H2,1-6H3,(H,27,30)/t19-/m0/s1. The molecule has 0 fully saturated rings. The van der Waals surface area contributed by atoms with E-state index in [0.717, 1.165) is 22.4 Å². The van der Waals surface area contributed by atoms with Crippen molar-refractivity contribution in [1.82, 2.24) is 10.2 Å². The lowest BCUT2D eigenvalue weighted by Gasteiger charge is -2.29. The molecule has 2 aromatic rings. The Morgan fingerprint density at radius 2 is 1.62 bits per heavy atom. The van der Waals surface area contributed by atoms with Gasteiger partial charge in [0.1, 0.15) is 17.5 Å². The first kappa shape index (κ1) is 25.5. The Morgan fingerprint density at radius 1 is 1.03 bits per heavy atom. The Kier molecular flexibility index (Phi) is 9.39. The van der Waals surface area contributed by atoms with E-state index in [9.17, 15) is 9.59 Å². The molecule has 7 heteroatoms. The molecule has 6 nitrogen and oxygen atoms in total. The molecule has 174 valence electrons. The Bertz CT molecular complexity index is 905. The van der Waals surface area contributed by atoms with Gasteiger partial charge in [0.15, 0.2) is 6.61 Å². The molecular weight excluding hydrogens is 428 g/mol. The lowest BCUT2D eigenvalue weighted by atomic mass is 10.1. The molecular formula is C25H33ClN2O4. The number of rotatable bonds is 10. The van der Waals surface area contributed by atoms with E-state index in [4.69, 9.17) is 21.1 Å². The maximum Gasteiger partial charge on any atom is 0.261 e. The number of methoxy groups -OCH3 is 1. The minimum absolute atomic E-state index is 0.182. The number of carbonyl (C=O) groups excluding carboxylic acids is 2. The minimum Gasteiger partial charge on any atom is -0.497 e. The second-order valence-electron chi connectivity index (χ2n) is 8.34. The predicted octanol–water partition coefficient (Wildman–Crippen LogP) is 4.53. The molecule has 0 radical (unpaired) electrons. The van der Waals surface area contributed by atoms with Crippen molar-refractivity contribution in [2.75, 3.05) is 20.3 Å². The van der Waals surface area contributed by atoms with Gasteiger partial charge in [0, 0.05) is 18.1 Å². The SMILES string of the molecule is COc1ccc(CN(C(=O)COc2cc(C)c(Cl)c(C)c2)[C@@H](C)C(=O)NCC(C)C)cc1. The van der Waals surface area contributed by atoms with E-state index >= 15 is 0 Å². The molecule has 0 aliphatic rings. The van der Waals surface area contributed by atoms with Crippen molar-refractivity contribution in [3.05, 3.63) is 58.1 Å². The van der Waals surface area contributed by atoms with Crippen LogP contribution in [0.25, 0.3) is 0 Å². The molecule has 2 amide bonds. The zero-order chi connectivity index (χ0) is 23.8. The first-order valence-corrected chi connectivity index (χ1v) is 11.1. The third kappa shape index (κ3) is 7.16. The van der Waals surface area contributed by atoms with Crippen LogP contribution in [0, 0.1) is 19.8 Å². The molecule has 1 atom stereocenters. The number of carbonyl (C=O) groups is 2. The van der Waals surface area contributed by atoms with Crippen LogP contribution >= 0.6 is 11.6 Å². The van der Waals surface area contributed by atoms with E-state index in [1.54, 1.807) is 26.2 Å². The molecule has 0 spiro atoms. The number of nitrogens with one attached hydrogen (secondary N) is 1. The molecule has 0 aromatic heterocycles. The smallest absolute Gasteiger partial charge is 0.261 e. The van der Waals surface area contributed by atoms with Crippen molar-refractivity contribution in [1.29, 1.82) is 0 Å². The van der Waals surface area contributed by atoms with Gasteiger partial charge in [-0.15, -0.1) is 0 Å². The highest BCUT2D eigenvalue weighted by Gasteiger charge is 2.26. The number of halogens is 1. The largest absolute Gasteiger partial charge is 0.497 e. The lowest BCUT2D eigenvalue weighted by Crippen LogP contribution is -2.49. The fourth-order valence-electron chi connectivity index (χ4n) is 3.18. The molecule has 1 N–H and O–H groups in total. The van der Waals surface area contributed by atoms with Crippen LogP contribution in [0.5, 0.6) is 11.5 Å². The quantitative estimate of drug-likeness (QED) is 0.565. The zero-order valence-corrected chi connectivity index (χ0v) is 20.5. The van der Waals surface area contributed by atoms with E-state index in [0.29, 0.717) is 23.2 Å². The van der Waals surface area contributed by atoms with Crippen molar-refractivity contribution < 1.29 is 19.1 Å². The van der Waals surface area contributed by atoms with Gasteiger partial charge >= 0.3 is 0 Å². The third-order valence-electron chi connectivity index (χ3n) is 5.14. The highest BCUT2D eigenvalue weighted by atomic mass is 35.5. The highest BCUT2D eigenvalue weighted by Crippen LogP contribution is 2.26. The number of hydrogen-bond donors (Lipinski definition) is 1. The summed E-state index contributed by atoms with van der Waals surface area (Å²) in [6, 6.07) is 10.4. The van der Waals surface area contributed by atoms with Gasteiger partial charge in [-0.1, -0.05) is 37.6 Å². The predicted molar refractivity (Wildman–Crippen MR) is 127 cm³/mol. The molecule has 0 saturated carbocycles. The summed E-state index contributed by atoms with van der Waals surface area (Å²) in [6.45, 7) is 10.2. The van der Waals surface area contributed by atoms with Gasteiger partial charge in [0.05, 0.1) is 7.11 Å². The summed E-state index contributed by atoms with van der Waals surface area (Å²) in [7, 11) is 1.60. The first-order chi connectivity index (χ1) is 15.1. The normalized spacial score (nSPS) is 11.8. The van der Waals surface area contributed by atoms with Gasteiger partial charge in [0.25, 0.3) is 5.91 Å². The van der Waals surface area contributed by atoms with Crippen LogP contribution < -0.4 is 14.8 Å². The van der Waals surface area contributed by atoms with Gasteiger partial charge in [-0.2, -0.15) is 0 Å². The lowest BCUT2D eigenvalue weighted by molar-refractivity contribution is -0.142. The van der Waals surface area contributed by atoms with E-state index in [-0.39, 0.29) is 25.0 Å². The van der Waals surface area contributed by atoms with Crippen LogP contribution in [-0.2, 0) is 16.1 Å². The Hall–Kier alpha value is -2.73. The van der Waals surface area contributed by atoms with E-state index in [2.05, 4.69) is 5.32 Å². The summed E-state index contributed by atoms with van der Waals surface area (Å²) in [5.74, 6) is 1.14. The van der Waals surface area contributed by atoms with Crippen LogP contribution in [0.3, 0.4) is 0 Å². The number of amides is 2. The van der Waals surface area contributed by atoms with Crippen LogP contribution in [0.15, 0.2) is 36.4 Å². The van der Waals surface area contributed by atoms with Gasteiger partial charge in [-0.25, -0.2) is 0 Å². The summed E-state index contributed by atoms with van der Waals surface area (Å²) >= 11 is 6.22. The maximum absolute atomic E-state index is 13.1. The van der Waals surface area contributed by atoms with Crippen molar-refractivity contribution in [2.24, 2.45) is 5.92 Å². The van der Waals surface area contributed by atoms with E-state index in [1.807, 2.05) is 52.0 Å². The van der Waals surface area contributed by atoms with Gasteiger partial charge in [-0.05, 0) is 67.6 Å². The highest BCUT2D eigenvalue weighted by molar-refractivity contribution is 6.32. The van der Waals surface area contributed by atoms with Crippen molar-refractivity contribution in [3.63, 3.8) is 0 Å². The molecule has 0 bridgehead atoms.